The smallest absolute Gasteiger partial charge is 0.310 e. The van der Waals surface area contributed by atoms with Crippen LogP contribution in [0.25, 0.3) is 22.3 Å². The van der Waals surface area contributed by atoms with Gasteiger partial charge >= 0.3 is 11.9 Å². The van der Waals surface area contributed by atoms with Crippen molar-refractivity contribution >= 4 is 20.3 Å². The fourth-order valence-electron chi connectivity index (χ4n) is 11.9. The molecule has 0 aliphatic heterocycles. The van der Waals surface area contributed by atoms with Crippen molar-refractivity contribution in [2.24, 2.45) is 10.8 Å². The minimum Gasteiger partial charge on any atom is -0.481 e. The molecule has 0 radical (unpaired) electrons. The normalized spacial score (nSPS) is 13.3. The maximum atomic E-state index is 14.9. The molecule has 0 amide bonds. The first-order chi connectivity index (χ1) is 39.1. The fraction of sp³-hybridized carbons (Fsp3) is 0.493. The van der Waals surface area contributed by atoms with Crippen LogP contribution in [-0.4, -0.2) is 49.8 Å². The molecule has 0 bridgehead atoms. The van der Waals surface area contributed by atoms with Crippen molar-refractivity contribution in [2.45, 2.75) is 223 Å². The summed E-state index contributed by atoms with van der Waals surface area (Å²) in [6.45, 7) is 42.4. The number of carboxylic acids is 1. The zero-order valence-corrected chi connectivity index (χ0v) is 55.9. The summed E-state index contributed by atoms with van der Waals surface area (Å²) in [4.78, 5) is 22.7. The van der Waals surface area contributed by atoms with Crippen molar-refractivity contribution in [3.8, 4) is 22.3 Å². The zero-order chi connectivity index (χ0) is 62.9. The molecule has 9 heteroatoms. The lowest BCUT2D eigenvalue weighted by Gasteiger charge is -2.43. The van der Waals surface area contributed by atoms with Gasteiger partial charge in [0.1, 0.15) is 11.6 Å². The van der Waals surface area contributed by atoms with Crippen LogP contribution in [0.5, 0.6) is 0 Å². The third-order valence-electron chi connectivity index (χ3n) is 19.0. The number of aryl methyl sites for hydroxylation is 6. The van der Waals surface area contributed by atoms with E-state index in [2.05, 4.69) is 197 Å². The molecule has 6 rings (SSSR count). The Kier molecular flexibility index (Phi) is 23.2. The number of aliphatic hydroxyl groups is 1. The molecule has 2 N–H and O–H groups in total. The maximum absolute atomic E-state index is 14.9. The lowest BCUT2D eigenvalue weighted by molar-refractivity contribution is -0.140. The summed E-state index contributed by atoms with van der Waals surface area (Å²) in [5.41, 5.74) is 16.3. The molecule has 456 valence electrons. The van der Waals surface area contributed by atoms with Crippen molar-refractivity contribution in [2.75, 3.05) is 7.11 Å². The quantitative estimate of drug-likeness (QED) is 0.0520. The SMILES string of the molecule is CCC(CC)(c1ccc(CCC(O)C(C)(C)C)c(C)c1)c1ccc(-c2ccc(CC(=O)O)c(F)c2)c(C)c1.CCC(CC)(c1ccc(CCC(O[Si](C)(C)C(C)(C)C)C(C)(C)C)c(C)c1)c1ccc(-c2ccc(CC(=O)OC)c(F)c2)c(C)c1. The summed E-state index contributed by atoms with van der Waals surface area (Å²) >= 11 is 0. The third kappa shape index (κ3) is 16.4. The van der Waals surface area contributed by atoms with Gasteiger partial charge in [-0.1, -0.05) is 187 Å². The molecular formula is C75H102F2O6Si. The van der Waals surface area contributed by atoms with Gasteiger partial charge < -0.3 is 19.4 Å². The minimum atomic E-state index is -1.89. The van der Waals surface area contributed by atoms with E-state index in [0.717, 1.165) is 84.7 Å². The molecule has 2 unspecified atom stereocenters. The molecule has 0 aliphatic carbocycles. The summed E-state index contributed by atoms with van der Waals surface area (Å²) in [7, 11) is -0.573. The summed E-state index contributed by atoms with van der Waals surface area (Å²) in [6.07, 6.45) is 6.92. The van der Waals surface area contributed by atoms with Crippen LogP contribution < -0.4 is 0 Å². The lowest BCUT2D eigenvalue weighted by Crippen LogP contribution is -2.47. The molecule has 2 atom stereocenters. The van der Waals surface area contributed by atoms with Gasteiger partial charge in [-0.2, -0.15) is 0 Å². The average molecular weight is 1170 g/mol. The molecule has 0 saturated heterocycles. The number of ether oxygens (including phenoxy) is 1. The van der Waals surface area contributed by atoms with Crippen molar-refractivity contribution in [1.29, 1.82) is 0 Å². The Bertz CT molecular complexity index is 3220. The zero-order valence-electron chi connectivity index (χ0n) is 54.9. The van der Waals surface area contributed by atoms with Crippen LogP contribution in [0.3, 0.4) is 0 Å². The largest absolute Gasteiger partial charge is 0.481 e. The minimum absolute atomic E-state index is 0.0732. The molecule has 84 heavy (non-hydrogen) atoms. The number of benzene rings is 6. The van der Waals surface area contributed by atoms with Crippen LogP contribution in [0.2, 0.25) is 18.1 Å². The Balaban J connectivity index is 0.000000313. The Morgan fingerprint density at radius 1 is 0.512 bits per heavy atom. The molecular weight excluding hydrogens is 1060 g/mol. The molecule has 6 aromatic carbocycles. The first-order valence-electron chi connectivity index (χ1n) is 30.8. The Morgan fingerprint density at radius 2 is 0.881 bits per heavy atom. The van der Waals surface area contributed by atoms with Gasteiger partial charge in [-0.3, -0.25) is 9.59 Å². The van der Waals surface area contributed by atoms with Gasteiger partial charge in [-0.05, 0) is 209 Å². The highest BCUT2D eigenvalue weighted by Gasteiger charge is 2.42. The number of methoxy groups -OCH3 is 1. The molecule has 0 aliphatic rings. The summed E-state index contributed by atoms with van der Waals surface area (Å²) in [5.74, 6) is -2.37. The van der Waals surface area contributed by atoms with Crippen LogP contribution in [0.4, 0.5) is 8.78 Å². The number of esters is 1. The van der Waals surface area contributed by atoms with Gasteiger partial charge in [-0.15, -0.1) is 0 Å². The number of carboxylic acid groups (broad SMARTS) is 1. The molecule has 0 heterocycles. The van der Waals surface area contributed by atoms with E-state index in [0.29, 0.717) is 5.56 Å². The second-order valence-corrected chi connectivity index (χ2v) is 32.3. The molecule has 0 aromatic heterocycles. The van der Waals surface area contributed by atoms with Gasteiger partial charge in [0.25, 0.3) is 0 Å². The monoisotopic (exact) mass is 1160 g/mol. The van der Waals surface area contributed by atoms with E-state index in [9.17, 15) is 23.5 Å². The van der Waals surface area contributed by atoms with E-state index in [1.54, 1.807) is 18.2 Å². The van der Waals surface area contributed by atoms with Crippen LogP contribution >= 0.6 is 0 Å². The Morgan fingerprint density at radius 3 is 1.20 bits per heavy atom. The average Bonchev–Trinajstić information content (AvgIpc) is 3.59. The highest BCUT2D eigenvalue weighted by atomic mass is 28.4. The second kappa shape index (κ2) is 28.2. The van der Waals surface area contributed by atoms with Gasteiger partial charge in [0, 0.05) is 10.8 Å². The van der Waals surface area contributed by atoms with Crippen molar-refractivity contribution in [3.63, 3.8) is 0 Å². The molecule has 6 nitrogen and oxygen atoms in total. The number of hydrogen-bond acceptors (Lipinski definition) is 5. The van der Waals surface area contributed by atoms with E-state index in [1.807, 2.05) is 13.0 Å². The molecule has 6 aromatic rings. The maximum Gasteiger partial charge on any atom is 0.310 e. The highest BCUT2D eigenvalue weighted by molar-refractivity contribution is 6.74. The van der Waals surface area contributed by atoms with E-state index in [4.69, 9.17) is 14.3 Å². The number of halogens is 2. The van der Waals surface area contributed by atoms with Gasteiger partial charge in [-0.25, -0.2) is 8.78 Å². The summed E-state index contributed by atoms with van der Waals surface area (Å²) in [5, 5.41) is 19.7. The van der Waals surface area contributed by atoms with Crippen LogP contribution in [-0.2, 0) is 55.3 Å². The molecule has 0 fully saturated rings. The van der Waals surface area contributed by atoms with Crippen molar-refractivity contribution < 1.29 is 37.7 Å². The number of carbonyl (C=O) groups is 2. The van der Waals surface area contributed by atoms with Gasteiger partial charge in [0.15, 0.2) is 8.32 Å². The Hall–Kier alpha value is -5.74. The molecule has 0 saturated carbocycles. The van der Waals surface area contributed by atoms with Gasteiger partial charge in [0.2, 0.25) is 0 Å². The highest BCUT2D eigenvalue weighted by Crippen LogP contribution is 2.45. The van der Waals surface area contributed by atoms with E-state index >= 15 is 0 Å². The number of hydrogen-bond donors (Lipinski definition) is 2. The predicted molar refractivity (Wildman–Crippen MR) is 349 cm³/mol. The number of aliphatic carboxylic acids is 1. The second-order valence-electron chi connectivity index (χ2n) is 27.5. The number of aliphatic hydroxyl groups excluding tert-OH is 1. The standard InChI is InChI=1S/C41H59FO3Si.C34H43FO3/c1-14-41(15-2,34-21-22-35(29(4)25-34)31-16-17-32(36(42)26-31)27-38(43)44-11)33-20-18-30(28(3)24-33)19-23-37(39(5,6)7)45-46(12,13)40(8,9)10;1-8-34(9-2,27-14-12-24(22(3)18-27)13-17-31(36)33(5,6)7)28-15-16-29(23(4)19-28)25-10-11-26(21-32(37)38)30(35)20-25/h16-18,20-22,24-26,37H,14-15,19,23,27H2,1-13H3;10-12,14-16,18-20,31,36H,8-9,13,17,21H2,1-7H3,(H,37,38). The summed E-state index contributed by atoms with van der Waals surface area (Å²) in [6, 6.07) is 36.8. The van der Waals surface area contributed by atoms with Gasteiger partial charge in [0.05, 0.1) is 32.2 Å². The predicted octanol–water partition coefficient (Wildman–Crippen LogP) is 19.5. The first-order valence-corrected chi connectivity index (χ1v) is 33.7. The fourth-order valence-corrected chi connectivity index (χ4v) is 13.4. The first kappa shape index (κ1) is 69.0. The summed E-state index contributed by atoms with van der Waals surface area (Å²) < 4.78 is 41.2. The van der Waals surface area contributed by atoms with Crippen LogP contribution in [0.15, 0.2) is 109 Å². The number of rotatable bonds is 22. The topological polar surface area (TPSA) is 93.1 Å². The van der Waals surface area contributed by atoms with E-state index in [1.165, 1.54) is 63.8 Å². The van der Waals surface area contributed by atoms with Crippen molar-refractivity contribution in [1.82, 2.24) is 0 Å². The van der Waals surface area contributed by atoms with E-state index < -0.39 is 31.9 Å². The van der Waals surface area contributed by atoms with Crippen LogP contribution in [0.1, 0.15) is 195 Å². The van der Waals surface area contributed by atoms with E-state index in [-0.39, 0.29) is 57.3 Å². The Labute approximate surface area is 506 Å². The lowest BCUT2D eigenvalue weighted by atomic mass is 9.69. The van der Waals surface area contributed by atoms with Crippen LogP contribution in [0, 0.1) is 50.2 Å². The molecule has 0 spiro atoms. The van der Waals surface area contributed by atoms with Crippen molar-refractivity contribution in [3.05, 3.63) is 188 Å². The third-order valence-corrected chi connectivity index (χ3v) is 23.5. The number of carbonyl (C=O) groups excluding carboxylic acids is 1.